The molecule has 0 spiro atoms. The van der Waals surface area contributed by atoms with Crippen molar-refractivity contribution >= 4 is 22.5 Å². The standard InChI is InChI=1S/C17H16O4/c1-20-15-8-7-12(10-5-3-4-6-11(10)15)16(18)13-9-14(13)17(19)21-2/h3-8,13-14H,9H2,1-2H3/t13-,14+/m1/s1. The highest BCUT2D eigenvalue weighted by Gasteiger charge is 2.49. The van der Waals surface area contributed by atoms with Crippen LogP contribution >= 0.6 is 0 Å². The first-order valence-electron chi connectivity index (χ1n) is 6.85. The number of hydrogen-bond donors (Lipinski definition) is 0. The molecule has 4 nitrogen and oxygen atoms in total. The molecular formula is C17H16O4. The van der Waals surface area contributed by atoms with Crippen molar-refractivity contribution in [2.45, 2.75) is 6.42 Å². The lowest BCUT2D eigenvalue weighted by Crippen LogP contribution is -2.10. The van der Waals surface area contributed by atoms with Crippen molar-refractivity contribution in [3.8, 4) is 5.75 Å². The maximum atomic E-state index is 12.6. The van der Waals surface area contributed by atoms with E-state index in [2.05, 4.69) is 0 Å². The molecule has 0 heterocycles. The minimum atomic E-state index is -0.300. The van der Waals surface area contributed by atoms with E-state index < -0.39 is 0 Å². The molecule has 0 bridgehead atoms. The molecule has 1 saturated carbocycles. The summed E-state index contributed by atoms with van der Waals surface area (Å²) in [7, 11) is 2.96. The van der Waals surface area contributed by atoms with Crippen LogP contribution < -0.4 is 4.74 Å². The van der Waals surface area contributed by atoms with Gasteiger partial charge in [-0.15, -0.1) is 0 Å². The number of Topliss-reactive ketones (excluding diaryl/α,β-unsaturated/α-hetero) is 1. The molecule has 0 N–H and O–H groups in total. The average Bonchev–Trinajstić information content (AvgIpc) is 3.33. The molecule has 0 amide bonds. The fourth-order valence-corrected chi connectivity index (χ4v) is 2.76. The van der Waals surface area contributed by atoms with Gasteiger partial charge in [-0.2, -0.15) is 0 Å². The Morgan fingerprint density at radius 1 is 1.00 bits per heavy atom. The van der Waals surface area contributed by atoms with E-state index >= 15 is 0 Å². The second kappa shape index (κ2) is 5.20. The molecule has 108 valence electrons. The van der Waals surface area contributed by atoms with Crippen LogP contribution in [0.3, 0.4) is 0 Å². The number of fused-ring (bicyclic) bond motifs is 1. The molecule has 1 aliphatic carbocycles. The maximum Gasteiger partial charge on any atom is 0.309 e. The largest absolute Gasteiger partial charge is 0.496 e. The Morgan fingerprint density at radius 2 is 1.71 bits per heavy atom. The summed E-state index contributed by atoms with van der Waals surface area (Å²) in [5.74, 6) is -0.101. The molecule has 1 fully saturated rings. The molecule has 3 rings (SSSR count). The van der Waals surface area contributed by atoms with Crippen molar-refractivity contribution in [1.29, 1.82) is 0 Å². The predicted molar refractivity (Wildman–Crippen MR) is 78.4 cm³/mol. The number of methoxy groups -OCH3 is 2. The van der Waals surface area contributed by atoms with Crippen LogP contribution in [-0.4, -0.2) is 26.0 Å². The summed E-state index contributed by atoms with van der Waals surface area (Å²) in [5.41, 5.74) is 0.641. The van der Waals surface area contributed by atoms with Crippen molar-refractivity contribution in [2.24, 2.45) is 11.8 Å². The van der Waals surface area contributed by atoms with Crippen LogP contribution in [-0.2, 0) is 9.53 Å². The van der Waals surface area contributed by atoms with E-state index in [-0.39, 0.29) is 23.6 Å². The second-order valence-electron chi connectivity index (χ2n) is 5.20. The van der Waals surface area contributed by atoms with Crippen molar-refractivity contribution in [1.82, 2.24) is 0 Å². The zero-order valence-electron chi connectivity index (χ0n) is 12.0. The first-order chi connectivity index (χ1) is 10.2. The number of carbonyl (C=O) groups is 2. The van der Waals surface area contributed by atoms with Gasteiger partial charge in [0.1, 0.15) is 5.75 Å². The summed E-state index contributed by atoms with van der Waals surface area (Å²) < 4.78 is 10.0. The molecular weight excluding hydrogens is 268 g/mol. The molecule has 1 aliphatic rings. The van der Waals surface area contributed by atoms with Crippen LogP contribution in [0.5, 0.6) is 5.75 Å². The van der Waals surface area contributed by atoms with E-state index in [9.17, 15) is 9.59 Å². The first kappa shape index (κ1) is 13.6. The Labute approximate surface area is 122 Å². The highest BCUT2D eigenvalue weighted by Crippen LogP contribution is 2.43. The van der Waals surface area contributed by atoms with Gasteiger partial charge in [0, 0.05) is 16.9 Å². The molecule has 0 radical (unpaired) electrons. The Kier molecular flexibility index (Phi) is 3.37. The molecule has 0 aromatic heterocycles. The number of esters is 1. The van der Waals surface area contributed by atoms with Gasteiger partial charge in [-0.3, -0.25) is 9.59 Å². The van der Waals surface area contributed by atoms with Crippen LogP contribution in [0.2, 0.25) is 0 Å². The van der Waals surface area contributed by atoms with Gasteiger partial charge in [0.15, 0.2) is 5.78 Å². The summed E-state index contributed by atoms with van der Waals surface area (Å²) in [6.45, 7) is 0. The predicted octanol–water partition coefficient (Wildman–Crippen LogP) is 2.84. The van der Waals surface area contributed by atoms with Crippen LogP contribution in [0.1, 0.15) is 16.8 Å². The summed E-state index contributed by atoms with van der Waals surface area (Å²) in [6.07, 6.45) is 0.575. The quantitative estimate of drug-likeness (QED) is 0.640. The normalized spacial score (nSPS) is 20.1. The smallest absolute Gasteiger partial charge is 0.309 e. The van der Waals surface area contributed by atoms with Crippen molar-refractivity contribution in [2.75, 3.05) is 14.2 Å². The van der Waals surface area contributed by atoms with Gasteiger partial charge in [0.05, 0.1) is 20.1 Å². The van der Waals surface area contributed by atoms with Gasteiger partial charge < -0.3 is 9.47 Å². The van der Waals surface area contributed by atoms with Crippen LogP contribution in [0.4, 0.5) is 0 Å². The second-order valence-corrected chi connectivity index (χ2v) is 5.20. The van der Waals surface area contributed by atoms with E-state index in [4.69, 9.17) is 9.47 Å². The lowest BCUT2D eigenvalue weighted by molar-refractivity contribution is -0.142. The van der Waals surface area contributed by atoms with Gasteiger partial charge >= 0.3 is 5.97 Å². The molecule has 0 saturated heterocycles. The highest BCUT2D eigenvalue weighted by molar-refractivity contribution is 6.12. The van der Waals surface area contributed by atoms with E-state index in [0.717, 1.165) is 16.5 Å². The molecule has 2 aromatic rings. The van der Waals surface area contributed by atoms with Gasteiger partial charge in [0.25, 0.3) is 0 Å². The number of hydrogen-bond acceptors (Lipinski definition) is 4. The maximum absolute atomic E-state index is 12.6. The zero-order chi connectivity index (χ0) is 15.0. The first-order valence-corrected chi connectivity index (χ1v) is 6.85. The number of carbonyl (C=O) groups excluding carboxylic acids is 2. The third-order valence-corrected chi connectivity index (χ3v) is 4.00. The molecule has 2 atom stereocenters. The molecule has 2 aromatic carbocycles. The fraction of sp³-hybridized carbons (Fsp3) is 0.294. The number of rotatable bonds is 4. The van der Waals surface area contributed by atoms with Crippen LogP contribution in [0.25, 0.3) is 10.8 Å². The monoisotopic (exact) mass is 284 g/mol. The van der Waals surface area contributed by atoms with E-state index in [0.29, 0.717) is 12.0 Å². The molecule has 0 unspecified atom stereocenters. The Hall–Kier alpha value is -2.36. The third kappa shape index (κ3) is 2.27. The summed E-state index contributed by atoms with van der Waals surface area (Å²) in [6, 6.07) is 11.2. The third-order valence-electron chi connectivity index (χ3n) is 4.00. The number of ketones is 1. The van der Waals surface area contributed by atoms with Crippen molar-refractivity contribution < 1.29 is 19.1 Å². The zero-order valence-corrected chi connectivity index (χ0v) is 12.0. The number of benzene rings is 2. The highest BCUT2D eigenvalue weighted by atomic mass is 16.5. The van der Waals surface area contributed by atoms with E-state index in [1.54, 1.807) is 19.2 Å². The summed E-state index contributed by atoms with van der Waals surface area (Å²) in [5, 5.41) is 1.76. The minimum absolute atomic E-state index is 0.00394. The Bertz CT molecular complexity index is 720. The lowest BCUT2D eigenvalue weighted by atomic mass is 9.98. The van der Waals surface area contributed by atoms with E-state index in [1.807, 2.05) is 24.3 Å². The van der Waals surface area contributed by atoms with E-state index in [1.165, 1.54) is 7.11 Å². The fourth-order valence-electron chi connectivity index (χ4n) is 2.76. The van der Waals surface area contributed by atoms with Crippen molar-refractivity contribution in [3.63, 3.8) is 0 Å². The van der Waals surface area contributed by atoms with Gasteiger partial charge in [-0.25, -0.2) is 0 Å². The van der Waals surface area contributed by atoms with Crippen LogP contribution in [0.15, 0.2) is 36.4 Å². The van der Waals surface area contributed by atoms with Gasteiger partial charge in [-0.05, 0) is 23.9 Å². The topological polar surface area (TPSA) is 52.6 Å². The minimum Gasteiger partial charge on any atom is -0.496 e. The SMILES string of the molecule is COC(=O)[C@H]1C[C@H]1C(=O)c1ccc(OC)c2ccccc12. The Morgan fingerprint density at radius 3 is 2.38 bits per heavy atom. The van der Waals surface area contributed by atoms with Gasteiger partial charge in [-0.1, -0.05) is 24.3 Å². The molecule has 0 aliphatic heterocycles. The van der Waals surface area contributed by atoms with Crippen LogP contribution in [0, 0.1) is 11.8 Å². The lowest BCUT2D eigenvalue weighted by Gasteiger charge is -2.09. The van der Waals surface area contributed by atoms with Crippen molar-refractivity contribution in [3.05, 3.63) is 42.0 Å². The molecule has 4 heteroatoms. The Balaban J connectivity index is 1.99. The molecule has 21 heavy (non-hydrogen) atoms. The summed E-state index contributed by atoms with van der Waals surface area (Å²) >= 11 is 0. The summed E-state index contributed by atoms with van der Waals surface area (Å²) in [4.78, 5) is 24.1. The average molecular weight is 284 g/mol. The number of ether oxygens (including phenoxy) is 2. The van der Waals surface area contributed by atoms with Gasteiger partial charge in [0.2, 0.25) is 0 Å².